The van der Waals surface area contributed by atoms with Crippen molar-refractivity contribution in [1.82, 2.24) is 0 Å². The zero-order valence-corrected chi connectivity index (χ0v) is 10.8. The summed E-state index contributed by atoms with van der Waals surface area (Å²) in [6.07, 6.45) is 8.55. The number of thiophene rings is 1. The number of hydrogen-bond acceptors (Lipinski definition) is 1. The summed E-state index contributed by atoms with van der Waals surface area (Å²) in [5.74, 6) is 0.824. The molecule has 0 saturated heterocycles. The van der Waals surface area contributed by atoms with Crippen LogP contribution in [0, 0.1) is 5.92 Å². The molecule has 15 heavy (non-hydrogen) atoms. The Labute approximate surface area is 97.7 Å². The predicted molar refractivity (Wildman–Crippen MR) is 68.5 cm³/mol. The van der Waals surface area contributed by atoms with E-state index in [9.17, 15) is 0 Å². The van der Waals surface area contributed by atoms with E-state index in [1.54, 1.807) is 4.88 Å². The van der Waals surface area contributed by atoms with Crippen LogP contribution in [-0.4, -0.2) is 0 Å². The summed E-state index contributed by atoms with van der Waals surface area (Å²) in [5.41, 5.74) is 0.542. The van der Waals surface area contributed by atoms with Crippen molar-refractivity contribution in [3.63, 3.8) is 0 Å². The van der Waals surface area contributed by atoms with Gasteiger partial charge in [-0.05, 0) is 36.6 Å². The van der Waals surface area contributed by atoms with Gasteiger partial charge in [0, 0.05) is 10.3 Å². The van der Waals surface area contributed by atoms with Gasteiger partial charge < -0.3 is 0 Å². The fourth-order valence-corrected chi connectivity index (χ4v) is 4.14. The molecule has 1 aromatic heterocycles. The summed E-state index contributed by atoms with van der Waals surface area (Å²) in [7, 11) is 0. The van der Waals surface area contributed by atoms with E-state index in [2.05, 4.69) is 31.4 Å². The summed E-state index contributed by atoms with van der Waals surface area (Å²) in [6, 6.07) is 4.58. The minimum absolute atomic E-state index is 0.542. The molecule has 1 heteroatoms. The molecule has 84 valence electrons. The van der Waals surface area contributed by atoms with E-state index in [4.69, 9.17) is 0 Å². The molecule has 0 nitrogen and oxygen atoms in total. The Bertz CT molecular complexity index is 278. The molecule has 0 atom stereocenters. The van der Waals surface area contributed by atoms with Crippen LogP contribution in [0.15, 0.2) is 17.5 Å². The van der Waals surface area contributed by atoms with Crippen LogP contribution in [0.5, 0.6) is 0 Å². The largest absolute Gasteiger partial charge is 0.148 e. The van der Waals surface area contributed by atoms with Gasteiger partial charge in [0.15, 0.2) is 0 Å². The molecule has 2 rings (SSSR count). The van der Waals surface area contributed by atoms with Crippen LogP contribution in [0.1, 0.15) is 57.2 Å². The van der Waals surface area contributed by atoms with Crippen LogP contribution >= 0.6 is 11.3 Å². The van der Waals surface area contributed by atoms with E-state index < -0.39 is 0 Å². The minimum atomic E-state index is 0.542. The van der Waals surface area contributed by atoms with E-state index in [-0.39, 0.29) is 0 Å². The summed E-state index contributed by atoms with van der Waals surface area (Å²) < 4.78 is 0. The van der Waals surface area contributed by atoms with Crippen molar-refractivity contribution in [2.24, 2.45) is 5.92 Å². The van der Waals surface area contributed by atoms with Gasteiger partial charge in [0.1, 0.15) is 0 Å². The molecule has 0 aromatic carbocycles. The number of hydrogen-bond donors (Lipinski definition) is 0. The Kier molecular flexibility index (Phi) is 3.50. The van der Waals surface area contributed by atoms with Crippen molar-refractivity contribution in [3.8, 4) is 0 Å². The first-order valence-corrected chi connectivity index (χ1v) is 7.15. The Morgan fingerprint density at radius 1 is 1.27 bits per heavy atom. The molecule has 0 unspecified atom stereocenters. The molecule has 1 fully saturated rings. The molecule has 0 spiro atoms. The molecule has 1 aromatic rings. The lowest BCUT2D eigenvalue weighted by atomic mass is 9.68. The Hall–Kier alpha value is -0.300. The summed E-state index contributed by atoms with van der Waals surface area (Å²) >= 11 is 1.97. The van der Waals surface area contributed by atoms with Gasteiger partial charge in [-0.3, -0.25) is 0 Å². The quantitative estimate of drug-likeness (QED) is 0.675. The van der Waals surface area contributed by atoms with Gasteiger partial charge in [0.25, 0.3) is 0 Å². The molecular formula is C14H22S. The van der Waals surface area contributed by atoms with Crippen molar-refractivity contribution in [3.05, 3.63) is 22.4 Å². The lowest BCUT2D eigenvalue weighted by Crippen LogP contribution is -2.29. The van der Waals surface area contributed by atoms with Gasteiger partial charge in [-0.25, -0.2) is 0 Å². The Morgan fingerprint density at radius 3 is 2.53 bits per heavy atom. The normalized spacial score (nSPS) is 20.7. The lowest BCUT2D eigenvalue weighted by Gasteiger charge is -2.38. The topological polar surface area (TPSA) is 0 Å². The third kappa shape index (κ3) is 2.44. The van der Waals surface area contributed by atoms with Gasteiger partial charge in [0.2, 0.25) is 0 Å². The van der Waals surface area contributed by atoms with Gasteiger partial charge in [-0.2, -0.15) is 0 Å². The molecule has 1 heterocycles. The third-order valence-electron chi connectivity index (χ3n) is 3.65. The second kappa shape index (κ2) is 4.69. The maximum absolute atomic E-state index is 2.37. The zero-order chi connectivity index (χ0) is 10.7. The lowest BCUT2D eigenvalue weighted by molar-refractivity contribution is 0.250. The third-order valence-corrected chi connectivity index (χ3v) is 4.77. The minimum Gasteiger partial charge on any atom is -0.148 e. The Balaban J connectivity index is 2.21. The molecule has 0 amide bonds. The van der Waals surface area contributed by atoms with Crippen LogP contribution in [0.3, 0.4) is 0 Å². The average molecular weight is 222 g/mol. The van der Waals surface area contributed by atoms with E-state index in [0.717, 1.165) is 5.92 Å². The van der Waals surface area contributed by atoms with Gasteiger partial charge in [0.05, 0.1) is 0 Å². The van der Waals surface area contributed by atoms with Gasteiger partial charge in [-0.1, -0.05) is 39.2 Å². The van der Waals surface area contributed by atoms with Crippen molar-refractivity contribution < 1.29 is 0 Å². The first kappa shape index (κ1) is 11.2. The second-order valence-corrected chi connectivity index (χ2v) is 6.36. The van der Waals surface area contributed by atoms with E-state index in [1.807, 2.05) is 11.3 Å². The smallest absolute Gasteiger partial charge is 0.0107 e. The summed E-state index contributed by atoms with van der Waals surface area (Å²) in [4.78, 5) is 1.65. The first-order valence-electron chi connectivity index (χ1n) is 6.27. The molecule has 0 N–H and O–H groups in total. The van der Waals surface area contributed by atoms with Crippen molar-refractivity contribution >= 4 is 11.3 Å². The fraction of sp³-hybridized carbons (Fsp3) is 0.714. The molecular weight excluding hydrogens is 200 g/mol. The fourth-order valence-electron chi connectivity index (χ4n) is 3.14. The first-order chi connectivity index (χ1) is 7.23. The van der Waals surface area contributed by atoms with Crippen LogP contribution in [-0.2, 0) is 5.41 Å². The average Bonchev–Trinajstić information content (AvgIpc) is 2.71. The SMILES string of the molecule is CC(C)CC1(c2cccs2)CCCCC1. The highest BCUT2D eigenvalue weighted by atomic mass is 32.1. The standard InChI is InChI=1S/C14H22S/c1-12(2)11-14(8-4-3-5-9-14)13-7-6-10-15-13/h6-7,10,12H,3-5,8-9,11H2,1-2H3. The summed E-state index contributed by atoms with van der Waals surface area (Å²) in [6.45, 7) is 4.73. The molecule has 1 aliphatic rings. The molecule has 0 bridgehead atoms. The van der Waals surface area contributed by atoms with Crippen LogP contribution < -0.4 is 0 Å². The monoisotopic (exact) mass is 222 g/mol. The van der Waals surface area contributed by atoms with E-state index in [1.165, 1.54) is 38.5 Å². The Morgan fingerprint density at radius 2 is 2.00 bits per heavy atom. The predicted octanol–water partition coefficient (Wildman–Crippen LogP) is 5.00. The maximum atomic E-state index is 2.37. The second-order valence-electron chi connectivity index (χ2n) is 5.42. The summed E-state index contributed by atoms with van der Waals surface area (Å²) in [5, 5.41) is 2.24. The molecule has 1 saturated carbocycles. The highest BCUT2D eigenvalue weighted by Gasteiger charge is 2.34. The van der Waals surface area contributed by atoms with Gasteiger partial charge in [-0.15, -0.1) is 11.3 Å². The van der Waals surface area contributed by atoms with Crippen LogP contribution in [0.4, 0.5) is 0 Å². The van der Waals surface area contributed by atoms with Crippen LogP contribution in [0.25, 0.3) is 0 Å². The molecule has 1 aliphatic carbocycles. The van der Waals surface area contributed by atoms with Crippen molar-refractivity contribution in [1.29, 1.82) is 0 Å². The molecule has 0 aliphatic heterocycles. The van der Waals surface area contributed by atoms with Crippen LogP contribution in [0.2, 0.25) is 0 Å². The van der Waals surface area contributed by atoms with Crippen molar-refractivity contribution in [2.45, 2.75) is 57.8 Å². The highest BCUT2D eigenvalue weighted by Crippen LogP contribution is 2.45. The van der Waals surface area contributed by atoms with Gasteiger partial charge >= 0.3 is 0 Å². The van der Waals surface area contributed by atoms with Crippen molar-refractivity contribution in [2.75, 3.05) is 0 Å². The maximum Gasteiger partial charge on any atom is 0.0107 e. The zero-order valence-electron chi connectivity index (χ0n) is 9.96. The highest BCUT2D eigenvalue weighted by molar-refractivity contribution is 7.10. The molecule has 0 radical (unpaired) electrons. The van der Waals surface area contributed by atoms with E-state index in [0.29, 0.717) is 5.41 Å². The van der Waals surface area contributed by atoms with E-state index >= 15 is 0 Å². The number of rotatable bonds is 3.